The van der Waals surface area contributed by atoms with Gasteiger partial charge in [0.2, 0.25) is 0 Å². The first-order valence-corrected chi connectivity index (χ1v) is 2.42. The number of hydrogen-bond acceptors (Lipinski definition) is 1. The predicted molar refractivity (Wildman–Crippen MR) is 27.4 cm³/mol. The minimum absolute atomic E-state index is 0.424. The molecule has 48 valence electrons. The zero-order valence-corrected chi connectivity index (χ0v) is 4.89. The molecule has 0 aliphatic heterocycles. The van der Waals surface area contributed by atoms with Crippen molar-refractivity contribution in [3.63, 3.8) is 0 Å². The van der Waals surface area contributed by atoms with Gasteiger partial charge in [0.1, 0.15) is 0 Å². The van der Waals surface area contributed by atoms with Gasteiger partial charge in [-0.15, -0.1) is 0 Å². The summed E-state index contributed by atoms with van der Waals surface area (Å²) in [6.45, 7) is 3.05. The molecule has 2 nitrogen and oxygen atoms in total. The van der Waals surface area contributed by atoms with Gasteiger partial charge in [0, 0.05) is 0 Å². The topological polar surface area (TPSA) is 37.3 Å². The van der Waals surface area contributed by atoms with Gasteiger partial charge in [-0.2, -0.15) is 0 Å². The van der Waals surface area contributed by atoms with E-state index in [1.54, 1.807) is 0 Å². The number of carboxylic acids is 1. The van der Waals surface area contributed by atoms with Gasteiger partial charge in [-0.05, 0) is 5.92 Å². The highest BCUT2D eigenvalue weighted by Gasteiger charge is 2.18. The Hall–Kier alpha value is -0.600. The summed E-state index contributed by atoms with van der Waals surface area (Å²) in [6, 6.07) is 0. The van der Waals surface area contributed by atoms with Gasteiger partial charge in [-0.1, -0.05) is 13.8 Å². The van der Waals surface area contributed by atoms with Crippen molar-refractivity contribution in [3.05, 3.63) is 0 Å². The molecule has 1 atom stereocenters. The third-order valence-electron chi connectivity index (χ3n) is 0.821. The number of rotatable bonds is 2. The molecule has 3 heteroatoms. The van der Waals surface area contributed by atoms with Crippen LogP contribution < -0.4 is 0 Å². The number of halogens is 1. The minimum Gasteiger partial charge on any atom is -0.479 e. The number of carboxylic acid groups (broad SMARTS) is 1. The largest absolute Gasteiger partial charge is 0.479 e. The molecule has 0 rings (SSSR count). The smallest absolute Gasteiger partial charge is 0.338 e. The summed E-state index contributed by atoms with van der Waals surface area (Å²) in [6.07, 6.45) is -1.71. The summed E-state index contributed by atoms with van der Waals surface area (Å²) in [5.74, 6) is -1.80. The number of carbonyl (C=O) groups is 1. The van der Waals surface area contributed by atoms with Gasteiger partial charge in [0.15, 0.2) is 6.17 Å². The number of alkyl halides is 1. The number of hydrogen-bond donors (Lipinski definition) is 1. The first-order valence-electron chi connectivity index (χ1n) is 2.42. The van der Waals surface area contributed by atoms with E-state index in [1.165, 1.54) is 13.8 Å². The maximum atomic E-state index is 12.0. The fourth-order valence-corrected chi connectivity index (χ4v) is 0.285. The van der Waals surface area contributed by atoms with Crippen LogP contribution in [0.15, 0.2) is 0 Å². The third kappa shape index (κ3) is 1.91. The molecule has 0 amide bonds. The predicted octanol–water partition coefficient (Wildman–Crippen LogP) is 1.07. The van der Waals surface area contributed by atoms with E-state index in [4.69, 9.17) is 5.11 Å². The summed E-state index contributed by atoms with van der Waals surface area (Å²) in [5.41, 5.74) is 0. The lowest BCUT2D eigenvalue weighted by Gasteiger charge is -2.03. The molecule has 0 saturated carbocycles. The highest BCUT2D eigenvalue weighted by atomic mass is 19.1. The zero-order valence-electron chi connectivity index (χ0n) is 4.89. The standard InChI is InChI=1S/C5H9FO2/c1-3(2)4(6)5(7)8/h3-4H,1-2H3,(H,7,8)/t4-/m0/s1. The van der Waals surface area contributed by atoms with Crippen molar-refractivity contribution in [2.24, 2.45) is 5.92 Å². The van der Waals surface area contributed by atoms with Crippen molar-refractivity contribution >= 4 is 5.97 Å². The van der Waals surface area contributed by atoms with Gasteiger partial charge in [0.25, 0.3) is 0 Å². The molecule has 0 spiro atoms. The van der Waals surface area contributed by atoms with Gasteiger partial charge < -0.3 is 5.11 Å². The molecule has 0 aromatic carbocycles. The Kier molecular flexibility index (Phi) is 2.45. The second-order valence-corrected chi connectivity index (χ2v) is 1.98. The quantitative estimate of drug-likeness (QED) is 0.591. The van der Waals surface area contributed by atoms with E-state index in [9.17, 15) is 9.18 Å². The molecule has 0 aromatic heterocycles. The van der Waals surface area contributed by atoms with Crippen molar-refractivity contribution in [2.75, 3.05) is 0 Å². The van der Waals surface area contributed by atoms with Gasteiger partial charge in [-0.3, -0.25) is 0 Å². The molecule has 0 unspecified atom stereocenters. The maximum absolute atomic E-state index is 12.0. The van der Waals surface area contributed by atoms with Crippen LogP contribution >= 0.6 is 0 Å². The maximum Gasteiger partial charge on any atom is 0.338 e. The lowest BCUT2D eigenvalue weighted by atomic mass is 10.1. The van der Waals surface area contributed by atoms with E-state index in [-0.39, 0.29) is 0 Å². The highest BCUT2D eigenvalue weighted by Crippen LogP contribution is 2.04. The zero-order chi connectivity index (χ0) is 6.73. The molecular formula is C5H9FO2. The fraction of sp³-hybridized carbons (Fsp3) is 0.800. The summed E-state index contributed by atoms with van der Waals surface area (Å²) >= 11 is 0. The van der Waals surface area contributed by atoms with Gasteiger partial charge in [-0.25, -0.2) is 9.18 Å². The van der Waals surface area contributed by atoms with Crippen LogP contribution in [-0.4, -0.2) is 17.2 Å². The minimum atomic E-state index is -1.71. The summed E-state index contributed by atoms with van der Waals surface area (Å²) in [7, 11) is 0. The molecule has 0 aliphatic rings. The van der Waals surface area contributed by atoms with Gasteiger partial charge >= 0.3 is 5.97 Å². The summed E-state index contributed by atoms with van der Waals surface area (Å²) < 4.78 is 12.0. The van der Waals surface area contributed by atoms with Crippen LogP contribution in [0.25, 0.3) is 0 Å². The van der Waals surface area contributed by atoms with Crippen LogP contribution in [0, 0.1) is 5.92 Å². The lowest BCUT2D eigenvalue weighted by molar-refractivity contribution is -0.144. The molecular weight excluding hydrogens is 111 g/mol. The SMILES string of the molecule is CC(C)[C@H](F)C(=O)O. The molecule has 8 heavy (non-hydrogen) atoms. The van der Waals surface area contributed by atoms with E-state index in [0.29, 0.717) is 0 Å². The Balaban J connectivity index is 3.64. The van der Waals surface area contributed by atoms with E-state index in [0.717, 1.165) is 0 Å². The van der Waals surface area contributed by atoms with Crippen molar-refractivity contribution in [3.8, 4) is 0 Å². The average Bonchev–Trinajstić information content (AvgIpc) is 1.64. The molecule has 0 heterocycles. The molecule has 0 fully saturated rings. The van der Waals surface area contributed by atoms with Crippen LogP contribution in [0.5, 0.6) is 0 Å². The lowest BCUT2D eigenvalue weighted by Crippen LogP contribution is -2.20. The third-order valence-corrected chi connectivity index (χ3v) is 0.821. The van der Waals surface area contributed by atoms with E-state index in [1.807, 2.05) is 0 Å². The molecule has 0 saturated heterocycles. The molecule has 0 radical (unpaired) electrons. The Morgan fingerprint density at radius 1 is 1.62 bits per heavy atom. The van der Waals surface area contributed by atoms with Crippen LogP contribution in [0.2, 0.25) is 0 Å². The Morgan fingerprint density at radius 2 is 2.00 bits per heavy atom. The van der Waals surface area contributed by atoms with E-state index < -0.39 is 18.1 Å². The Morgan fingerprint density at radius 3 is 2.00 bits per heavy atom. The van der Waals surface area contributed by atoms with Crippen molar-refractivity contribution in [2.45, 2.75) is 20.0 Å². The molecule has 0 aliphatic carbocycles. The molecule has 1 N–H and O–H groups in total. The van der Waals surface area contributed by atoms with Crippen LogP contribution in [0.4, 0.5) is 4.39 Å². The van der Waals surface area contributed by atoms with Crippen molar-refractivity contribution in [1.82, 2.24) is 0 Å². The Bertz CT molecular complexity index is 90.4. The van der Waals surface area contributed by atoms with Crippen molar-refractivity contribution in [1.29, 1.82) is 0 Å². The summed E-state index contributed by atoms with van der Waals surface area (Å²) in [5, 5.41) is 7.98. The van der Waals surface area contributed by atoms with E-state index in [2.05, 4.69) is 0 Å². The second kappa shape index (κ2) is 2.64. The normalized spacial score (nSPS) is 14.0. The monoisotopic (exact) mass is 120 g/mol. The van der Waals surface area contributed by atoms with Crippen LogP contribution in [0.3, 0.4) is 0 Å². The first kappa shape index (κ1) is 7.40. The fourth-order valence-electron chi connectivity index (χ4n) is 0.285. The number of aliphatic carboxylic acids is 1. The second-order valence-electron chi connectivity index (χ2n) is 1.98. The van der Waals surface area contributed by atoms with Gasteiger partial charge in [0.05, 0.1) is 0 Å². The highest BCUT2D eigenvalue weighted by molar-refractivity contribution is 5.72. The summed E-state index contributed by atoms with van der Waals surface area (Å²) in [4.78, 5) is 9.77. The molecule has 0 bridgehead atoms. The van der Waals surface area contributed by atoms with E-state index >= 15 is 0 Å². The first-order chi connectivity index (χ1) is 3.55. The molecule has 0 aromatic rings. The Labute approximate surface area is 47.3 Å². The van der Waals surface area contributed by atoms with Crippen molar-refractivity contribution < 1.29 is 14.3 Å². The van der Waals surface area contributed by atoms with Crippen LogP contribution in [-0.2, 0) is 4.79 Å². The van der Waals surface area contributed by atoms with Crippen LogP contribution in [0.1, 0.15) is 13.8 Å². The average molecular weight is 120 g/mol.